The first-order chi connectivity index (χ1) is 17.0. The number of hydrogen-bond donors (Lipinski definition) is 2. The van der Waals surface area contributed by atoms with Crippen LogP contribution in [0.3, 0.4) is 0 Å². The van der Waals surface area contributed by atoms with Crippen molar-refractivity contribution in [2.45, 2.75) is 39.0 Å². The Balaban J connectivity index is 1.46. The molecule has 182 valence electrons. The molecule has 2 N–H and O–H groups in total. The van der Waals surface area contributed by atoms with Crippen molar-refractivity contribution in [1.29, 1.82) is 0 Å². The fourth-order valence-electron chi connectivity index (χ4n) is 4.48. The Morgan fingerprint density at radius 3 is 2.57 bits per heavy atom. The average Bonchev–Trinajstić information content (AvgIpc) is 2.89. The molecule has 0 bridgehead atoms. The molecule has 0 saturated heterocycles. The summed E-state index contributed by atoms with van der Waals surface area (Å²) in [6.45, 7) is 2.70. The summed E-state index contributed by atoms with van der Waals surface area (Å²) in [7, 11) is 0. The highest BCUT2D eigenvalue weighted by Crippen LogP contribution is 2.23. The molecule has 0 radical (unpaired) electrons. The van der Waals surface area contributed by atoms with Gasteiger partial charge in [-0.2, -0.15) is 5.10 Å². The van der Waals surface area contributed by atoms with E-state index in [1.165, 1.54) is 11.0 Å². The summed E-state index contributed by atoms with van der Waals surface area (Å²) in [5, 5.41) is 9.63. The second-order valence-electron chi connectivity index (χ2n) is 8.66. The van der Waals surface area contributed by atoms with Crippen molar-refractivity contribution in [2.24, 2.45) is 0 Å². The Morgan fingerprint density at radius 2 is 1.83 bits per heavy atom. The Bertz CT molecular complexity index is 1270. The summed E-state index contributed by atoms with van der Waals surface area (Å²) >= 11 is 0. The first-order valence-corrected chi connectivity index (χ1v) is 12.0. The molecule has 1 heterocycles. The summed E-state index contributed by atoms with van der Waals surface area (Å²) in [5.41, 5.74) is 3.65. The lowest BCUT2D eigenvalue weighted by Crippen LogP contribution is -2.38. The standard InChI is InChI=1S/C27H29FN4O3/c1-2-32(15-14-29-25(33)19-8-4-3-5-9-19)27(35)22-16-18(12-13-23(22)28)17-24-20-10-6-7-11-21(20)26(34)31-30-24/h3-5,8-9,12-13,16H,2,6-7,10-11,14-15,17H2,1H3,(H,29,33)(H,31,34). The maximum atomic E-state index is 14.7. The zero-order valence-electron chi connectivity index (χ0n) is 19.8. The molecule has 35 heavy (non-hydrogen) atoms. The lowest BCUT2D eigenvalue weighted by Gasteiger charge is -2.22. The van der Waals surface area contributed by atoms with Gasteiger partial charge in [0.15, 0.2) is 0 Å². The third kappa shape index (κ3) is 5.65. The van der Waals surface area contributed by atoms with Crippen molar-refractivity contribution >= 4 is 11.8 Å². The Hall–Kier alpha value is -3.81. The van der Waals surface area contributed by atoms with Crippen LogP contribution in [0, 0.1) is 5.82 Å². The van der Waals surface area contributed by atoms with Gasteiger partial charge in [0, 0.05) is 37.2 Å². The number of carbonyl (C=O) groups is 2. The Morgan fingerprint density at radius 1 is 1.09 bits per heavy atom. The highest BCUT2D eigenvalue weighted by molar-refractivity contribution is 5.95. The van der Waals surface area contributed by atoms with Gasteiger partial charge in [0.2, 0.25) is 0 Å². The van der Waals surface area contributed by atoms with Crippen LogP contribution in [-0.4, -0.2) is 46.5 Å². The molecule has 1 aliphatic carbocycles. The van der Waals surface area contributed by atoms with E-state index < -0.39 is 11.7 Å². The minimum atomic E-state index is -0.595. The van der Waals surface area contributed by atoms with Crippen LogP contribution in [0.2, 0.25) is 0 Å². The van der Waals surface area contributed by atoms with E-state index in [9.17, 15) is 18.8 Å². The first-order valence-electron chi connectivity index (χ1n) is 12.0. The lowest BCUT2D eigenvalue weighted by molar-refractivity contribution is 0.0752. The van der Waals surface area contributed by atoms with Crippen molar-refractivity contribution < 1.29 is 14.0 Å². The molecule has 2 amide bonds. The molecule has 0 spiro atoms. The molecule has 2 aromatic carbocycles. The largest absolute Gasteiger partial charge is 0.350 e. The predicted molar refractivity (Wildman–Crippen MR) is 131 cm³/mol. The van der Waals surface area contributed by atoms with Crippen LogP contribution in [0.5, 0.6) is 0 Å². The van der Waals surface area contributed by atoms with Crippen molar-refractivity contribution in [2.75, 3.05) is 19.6 Å². The topological polar surface area (TPSA) is 95.2 Å². The van der Waals surface area contributed by atoms with Crippen molar-refractivity contribution in [3.05, 3.63) is 98.2 Å². The quantitative estimate of drug-likeness (QED) is 0.522. The van der Waals surface area contributed by atoms with E-state index in [-0.39, 0.29) is 30.1 Å². The third-order valence-electron chi connectivity index (χ3n) is 6.39. The first kappa shape index (κ1) is 24.3. The van der Waals surface area contributed by atoms with Crippen molar-refractivity contribution in [1.82, 2.24) is 20.4 Å². The van der Waals surface area contributed by atoms with Gasteiger partial charge in [-0.1, -0.05) is 24.3 Å². The number of aromatic nitrogens is 2. The second-order valence-corrected chi connectivity index (χ2v) is 8.66. The SMILES string of the molecule is CCN(CCNC(=O)c1ccccc1)C(=O)c1cc(Cc2n[nH]c(=O)c3c2CCCC3)ccc1F. The van der Waals surface area contributed by atoms with Crippen LogP contribution in [0.1, 0.15) is 62.9 Å². The number of likely N-dealkylation sites (N-methyl/N-ethyl adjacent to an activating group) is 1. The molecule has 4 rings (SSSR count). The number of hydrogen-bond acceptors (Lipinski definition) is 4. The van der Waals surface area contributed by atoms with E-state index >= 15 is 0 Å². The van der Waals surface area contributed by atoms with E-state index in [2.05, 4.69) is 15.5 Å². The zero-order valence-corrected chi connectivity index (χ0v) is 19.8. The predicted octanol–water partition coefficient (Wildman–Crippen LogP) is 3.27. The maximum Gasteiger partial charge on any atom is 0.267 e. The van der Waals surface area contributed by atoms with E-state index in [0.717, 1.165) is 48.1 Å². The molecule has 3 aromatic rings. The van der Waals surface area contributed by atoms with Gasteiger partial charge in [-0.15, -0.1) is 0 Å². The van der Waals surface area contributed by atoms with Crippen molar-refractivity contribution in [3.8, 4) is 0 Å². The van der Waals surface area contributed by atoms with Gasteiger partial charge >= 0.3 is 0 Å². The number of amides is 2. The molecule has 8 heteroatoms. The summed E-state index contributed by atoms with van der Waals surface area (Å²) in [4.78, 5) is 39.0. The van der Waals surface area contributed by atoms with Crippen molar-refractivity contribution in [3.63, 3.8) is 0 Å². The van der Waals surface area contributed by atoms with Crippen LogP contribution >= 0.6 is 0 Å². The second kappa shape index (κ2) is 11.1. The summed E-state index contributed by atoms with van der Waals surface area (Å²) in [5.74, 6) is -1.25. The van der Waals surface area contributed by atoms with Gasteiger partial charge in [0.05, 0.1) is 11.3 Å². The van der Waals surface area contributed by atoms with E-state index in [1.54, 1.807) is 36.4 Å². The van der Waals surface area contributed by atoms with Crippen LogP contribution in [0.25, 0.3) is 0 Å². The van der Waals surface area contributed by atoms with Gasteiger partial charge in [-0.3, -0.25) is 14.4 Å². The maximum absolute atomic E-state index is 14.7. The number of carbonyl (C=O) groups excluding carboxylic acids is 2. The molecule has 0 aliphatic heterocycles. The number of aromatic amines is 1. The number of nitrogens with one attached hydrogen (secondary N) is 2. The molecular formula is C27H29FN4O3. The van der Waals surface area contributed by atoms with E-state index in [0.29, 0.717) is 18.5 Å². The molecule has 0 saturated carbocycles. The molecule has 0 unspecified atom stereocenters. The van der Waals surface area contributed by atoms with Crippen LogP contribution in [0.4, 0.5) is 4.39 Å². The number of fused-ring (bicyclic) bond motifs is 1. The number of benzene rings is 2. The van der Waals surface area contributed by atoms with Gasteiger partial charge in [-0.25, -0.2) is 9.49 Å². The molecule has 1 aliphatic rings. The molecule has 7 nitrogen and oxygen atoms in total. The molecule has 1 aromatic heterocycles. The number of H-pyrrole nitrogens is 1. The van der Waals surface area contributed by atoms with Gasteiger partial charge in [0.1, 0.15) is 5.82 Å². The van der Waals surface area contributed by atoms with Crippen LogP contribution in [0.15, 0.2) is 53.3 Å². The molecule has 0 atom stereocenters. The fraction of sp³-hybridized carbons (Fsp3) is 0.333. The van der Waals surface area contributed by atoms with Gasteiger partial charge in [0.25, 0.3) is 17.4 Å². The highest BCUT2D eigenvalue weighted by Gasteiger charge is 2.21. The lowest BCUT2D eigenvalue weighted by atomic mass is 9.90. The number of nitrogens with zero attached hydrogens (tertiary/aromatic N) is 2. The van der Waals surface area contributed by atoms with Crippen LogP contribution < -0.4 is 10.9 Å². The molecular weight excluding hydrogens is 447 g/mol. The smallest absolute Gasteiger partial charge is 0.267 e. The summed E-state index contributed by atoms with van der Waals surface area (Å²) in [6.07, 6.45) is 3.92. The normalized spacial score (nSPS) is 12.6. The monoisotopic (exact) mass is 476 g/mol. The zero-order chi connectivity index (χ0) is 24.8. The Kier molecular flexibility index (Phi) is 7.70. The average molecular weight is 477 g/mol. The van der Waals surface area contributed by atoms with E-state index in [1.807, 2.05) is 13.0 Å². The van der Waals surface area contributed by atoms with Gasteiger partial charge < -0.3 is 10.2 Å². The van der Waals surface area contributed by atoms with Gasteiger partial charge in [-0.05, 0) is 68.0 Å². The summed E-state index contributed by atoms with van der Waals surface area (Å²) < 4.78 is 14.7. The molecule has 0 fully saturated rings. The Labute approximate surface area is 203 Å². The summed E-state index contributed by atoms with van der Waals surface area (Å²) in [6, 6.07) is 13.3. The third-order valence-corrected chi connectivity index (χ3v) is 6.39. The highest BCUT2D eigenvalue weighted by atomic mass is 19.1. The minimum Gasteiger partial charge on any atom is -0.350 e. The number of rotatable bonds is 8. The minimum absolute atomic E-state index is 0.0166. The van der Waals surface area contributed by atoms with E-state index in [4.69, 9.17) is 0 Å². The fourth-order valence-corrected chi connectivity index (χ4v) is 4.48. The van der Waals surface area contributed by atoms with Crippen LogP contribution in [-0.2, 0) is 19.3 Å². The number of halogens is 1.